The number of rotatable bonds is 3. The van der Waals surface area contributed by atoms with Gasteiger partial charge in [0.15, 0.2) is 0 Å². The Labute approximate surface area is 80.3 Å². The molecule has 1 N–H and O–H groups in total. The van der Waals surface area contributed by atoms with E-state index in [0.717, 1.165) is 27.3 Å². The highest BCUT2D eigenvalue weighted by atomic mass is 35.5. The Kier molecular flexibility index (Phi) is 3.66. The molecule has 0 amide bonds. The molecule has 0 aliphatic heterocycles. The van der Waals surface area contributed by atoms with Gasteiger partial charge in [0.05, 0.1) is 8.67 Å². The van der Waals surface area contributed by atoms with Gasteiger partial charge in [-0.05, 0) is 18.2 Å². The quantitative estimate of drug-likeness (QED) is 0.807. The molecule has 1 aromatic heterocycles. The fraction of sp³-hybridized carbons (Fsp3) is 0.429. The van der Waals surface area contributed by atoms with Crippen LogP contribution in [0.3, 0.4) is 0 Å². The van der Waals surface area contributed by atoms with Crippen LogP contribution in [0.5, 0.6) is 0 Å². The first-order valence-electron chi connectivity index (χ1n) is 3.38. The molecule has 0 atom stereocenters. The molecule has 0 saturated carbocycles. The smallest absolute Gasteiger partial charge is 0.0989 e. The highest BCUT2D eigenvalue weighted by Gasteiger charge is 2.03. The van der Waals surface area contributed by atoms with E-state index in [2.05, 4.69) is 12.2 Å². The lowest BCUT2D eigenvalue weighted by molar-refractivity contribution is 0.729. The first-order valence-corrected chi connectivity index (χ1v) is 4.95. The minimum atomic E-state index is 0.753. The number of thiophene rings is 1. The van der Waals surface area contributed by atoms with Gasteiger partial charge in [0.25, 0.3) is 0 Å². The molecule has 1 heterocycles. The van der Waals surface area contributed by atoms with Crippen LogP contribution in [0, 0.1) is 0 Å². The van der Waals surface area contributed by atoms with E-state index < -0.39 is 0 Å². The van der Waals surface area contributed by atoms with Gasteiger partial charge in [0.1, 0.15) is 0 Å². The molecule has 0 fully saturated rings. The van der Waals surface area contributed by atoms with Gasteiger partial charge in [-0.3, -0.25) is 0 Å². The number of hydrogen-bond donors (Lipinski definition) is 1. The maximum atomic E-state index is 5.87. The molecule has 0 radical (unpaired) electrons. The van der Waals surface area contributed by atoms with Crippen molar-refractivity contribution in [3.05, 3.63) is 20.3 Å². The van der Waals surface area contributed by atoms with Crippen molar-refractivity contribution in [1.29, 1.82) is 0 Å². The van der Waals surface area contributed by atoms with Crippen LogP contribution in [0.4, 0.5) is 0 Å². The minimum absolute atomic E-state index is 0.753. The van der Waals surface area contributed by atoms with E-state index in [1.807, 2.05) is 6.07 Å². The van der Waals surface area contributed by atoms with Crippen LogP contribution in [-0.4, -0.2) is 6.54 Å². The molecule has 1 aromatic rings. The van der Waals surface area contributed by atoms with E-state index in [-0.39, 0.29) is 0 Å². The topological polar surface area (TPSA) is 12.0 Å². The van der Waals surface area contributed by atoms with Gasteiger partial charge >= 0.3 is 0 Å². The average Bonchev–Trinajstić information content (AvgIpc) is 2.26. The lowest BCUT2D eigenvalue weighted by atomic mass is 10.3. The third-order valence-corrected chi connectivity index (χ3v) is 2.86. The van der Waals surface area contributed by atoms with E-state index in [1.165, 1.54) is 11.3 Å². The Morgan fingerprint density at radius 2 is 2.27 bits per heavy atom. The molecule has 1 nitrogen and oxygen atoms in total. The van der Waals surface area contributed by atoms with Crippen LogP contribution in [0.1, 0.15) is 12.5 Å². The van der Waals surface area contributed by atoms with Gasteiger partial charge in [-0.1, -0.05) is 30.1 Å². The molecule has 11 heavy (non-hydrogen) atoms. The molecule has 0 aliphatic carbocycles. The maximum absolute atomic E-state index is 5.87. The summed E-state index contributed by atoms with van der Waals surface area (Å²) in [6, 6.07) is 1.90. The van der Waals surface area contributed by atoms with Gasteiger partial charge in [-0.2, -0.15) is 0 Å². The molecular formula is C7H9Cl2NS. The van der Waals surface area contributed by atoms with E-state index in [9.17, 15) is 0 Å². The maximum Gasteiger partial charge on any atom is 0.0989 e. The highest BCUT2D eigenvalue weighted by molar-refractivity contribution is 7.20. The van der Waals surface area contributed by atoms with Crippen LogP contribution in [-0.2, 0) is 6.54 Å². The standard InChI is InChI=1S/C7H9Cl2NS/c1-2-10-4-5-3-6(8)11-7(5)9/h3,10H,2,4H2,1H3. The molecule has 62 valence electrons. The first-order chi connectivity index (χ1) is 5.24. The Bertz CT molecular complexity index is 234. The molecule has 1 rings (SSSR count). The molecule has 0 spiro atoms. The minimum Gasteiger partial charge on any atom is -0.313 e. The fourth-order valence-electron chi connectivity index (χ4n) is 0.755. The molecule has 0 unspecified atom stereocenters. The van der Waals surface area contributed by atoms with Crippen LogP contribution < -0.4 is 5.32 Å². The van der Waals surface area contributed by atoms with E-state index >= 15 is 0 Å². The zero-order chi connectivity index (χ0) is 8.27. The Hall–Kier alpha value is 0.240. The van der Waals surface area contributed by atoms with E-state index in [0.29, 0.717) is 0 Å². The molecular weight excluding hydrogens is 201 g/mol. The summed E-state index contributed by atoms with van der Waals surface area (Å²) >= 11 is 13.0. The second kappa shape index (κ2) is 4.31. The van der Waals surface area contributed by atoms with Gasteiger partial charge in [-0.25, -0.2) is 0 Å². The first kappa shape index (κ1) is 9.33. The van der Waals surface area contributed by atoms with E-state index in [1.54, 1.807) is 0 Å². The van der Waals surface area contributed by atoms with Crippen molar-refractivity contribution in [1.82, 2.24) is 5.32 Å². The Morgan fingerprint density at radius 3 is 2.73 bits per heavy atom. The summed E-state index contributed by atoms with van der Waals surface area (Å²) < 4.78 is 1.54. The summed E-state index contributed by atoms with van der Waals surface area (Å²) in [7, 11) is 0. The van der Waals surface area contributed by atoms with Crippen LogP contribution in [0.2, 0.25) is 8.67 Å². The molecule has 0 bridgehead atoms. The Balaban J connectivity index is 2.62. The van der Waals surface area contributed by atoms with Crippen molar-refractivity contribution in [3.63, 3.8) is 0 Å². The van der Waals surface area contributed by atoms with Crippen molar-refractivity contribution in [3.8, 4) is 0 Å². The van der Waals surface area contributed by atoms with Crippen molar-refractivity contribution in [2.24, 2.45) is 0 Å². The largest absolute Gasteiger partial charge is 0.313 e. The molecule has 0 aromatic carbocycles. The lowest BCUT2D eigenvalue weighted by Crippen LogP contribution is -2.11. The fourth-order valence-corrected chi connectivity index (χ4v) is 2.24. The second-order valence-corrected chi connectivity index (χ2v) is 4.42. The third kappa shape index (κ3) is 2.64. The number of nitrogens with one attached hydrogen (secondary N) is 1. The average molecular weight is 210 g/mol. The highest BCUT2D eigenvalue weighted by Crippen LogP contribution is 2.30. The van der Waals surface area contributed by atoms with Gasteiger partial charge < -0.3 is 5.32 Å². The predicted molar refractivity (Wildman–Crippen MR) is 51.7 cm³/mol. The summed E-state index contributed by atoms with van der Waals surface area (Å²) in [5.74, 6) is 0. The third-order valence-electron chi connectivity index (χ3n) is 1.29. The van der Waals surface area contributed by atoms with E-state index in [4.69, 9.17) is 23.2 Å². The predicted octanol–water partition coefficient (Wildman–Crippen LogP) is 3.16. The lowest BCUT2D eigenvalue weighted by Gasteiger charge is -1.97. The second-order valence-electron chi connectivity index (χ2n) is 2.13. The van der Waals surface area contributed by atoms with Crippen LogP contribution in [0.25, 0.3) is 0 Å². The number of hydrogen-bond acceptors (Lipinski definition) is 2. The summed E-state index contributed by atoms with van der Waals surface area (Å²) in [4.78, 5) is 0. The van der Waals surface area contributed by atoms with Crippen molar-refractivity contribution < 1.29 is 0 Å². The van der Waals surface area contributed by atoms with Gasteiger partial charge in [-0.15, -0.1) is 11.3 Å². The molecule has 0 saturated heterocycles. The van der Waals surface area contributed by atoms with Crippen molar-refractivity contribution >= 4 is 34.5 Å². The zero-order valence-electron chi connectivity index (χ0n) is 6.16. The Morgan fingerprint density at radius 1 is 1.55 bits per heavy atom. The van der Waals surface area contributed by atoms with Gasteiger partial charge in [0.2, 0.25) is 0 Å². The van der Waals surface area contributed by atoms with Crippen LogP contribution in [0.15, 0.2) is 6.07 Å². The zero-order valence-corrected chi connectivity index (χ0v) is 8.48. The summed E-state index contributed by atoms with van der Waals surface area (Å²) in [6.07, 6.45) is 0. The molecule has 4 heteroatoms. The monoisotopic (exact) mass is 209 g/mol. The normalized spacial score (nSPS) is 10.5. The summed E-state index contributed by atoms with van der Waals surface area (Å²) in [5.41, 5.74) is 1.09. The van der Waals surface area contributed by atoms with Crippen molar-refractivity contribution in [2.45, 2.75) is 13.5 Å². The van der Waals surface area contributed by atoms with Crippen molar-refractivity contribution in [2.75, 3.05) is 6.54 Å². The molecule has 0 aliphatic rings. The van der Waals surface area contributed by atoms with Crippen LogP contribution >= 0.6 is 34.5 Å². The number of halogens is 2. The van der Waals surface area contributed by atoms with Gasteiger partial charge in [0, 0.05) is 6.54 Å². The SMILES string of the molecule is CCNCc1cc(Cl)sc1Cl. The summed E-state index contributed by atoms with van der Waals surface area (Å²) in [5, 5.41) is 3.18. The summed E-state index contributed by atoms with van der Waals surface area (Å²) in [6.45, 7) is 3.81.